The van der Waals surface area contributed by atoms with Crippen LogP contribution in [0.25, 0.3) is 0 Å². The van der Waals surface area contributed by atoms with Crippen LogP contribution >= 0.6 is 27.3 Å². The van der Waals surface area contributed by atoms with Gasteiger partial charge in [0.1, 0.15) is 0 Å². The summed E-state index contributed by atoms with van der Waals surface area (Å²) in [6.07, 6.45) is 0. The summed E-state index contributed by atoms with van der Waals surface area (Å²) >= 11 is 4.81. The lowest BCUT2D eigenvalue weighted by atomic mass is 10.5. The molecule has 0 amide bonds. The van der Waals surface area contributed by atoms with E-state index in [-0.39, 0.29) is 0 Å². The van der Waals surface area contributed by atoms with E-state index in [2.05, 4.69) is 27.8 Å². The molecular weight excluding hydrogens is 210 g/mol. The molecular formula is C7H2BrNS. The second-order valence-corrected chi connectivity index (χ2v) is 3.93. The summed E-state index contributed by atoms with van der Waals surface area (Å²) in [5.74, 6) is 5.02. The van der Waals surface area contributed by atoms with Crippen molar-refractivity contribution < 1.29 is 0 Å². The minimum atomic E-state index is 0.911. The van der Waals surface area contributed by atoms with Crippen LogP contribution in [0.5, 0.6) is 0 Å². The minimum Gasteiger partial charge on any atom is -0.183 e. The van der Waals surface area contributed by atoms with Crippen molar-refractivity contribution in [1.82, 2.24) is 0 Å². The fourth-order valence-electron chi connectivity index (χ4n) is 0.471. The summed E-state index contributed by atoms with van der Waals surface area (Å²) in [5.41, 5.74) is 0. The lowest BCUT2D eigenvalue weighted by Crippen LogP contribution is -1.55. The van der Waals surface area contributed by atoms with Crippen LogP contribution in [-0.2, 0) is 0 Å². The molecule has 0 aliphatic rings. The van der Waals surface area contributed by atoms with Gasteiger partial charge in [-0.25, -0.2) is 0 Å². The molecule has 0 fully saturated rings. The molecule has 1 nitrogen and oxygen atoms in total. The van der Waals surface area contributed by atoms with Crippen LogP contribution in [0.1, 0.15) is 4.88 Å². The Morgan fingerprint density at radius 3 is 2.80 bits per heavy atom. The van der Waals surface area contributed by atoms with Gasteiger partial charge in [-0.3, -0.25) is 0 Å². The van der Waals surface area contributed by atoms with Gasteiger partial charge >= 0.3 is 0 Å². The van der Waals surface area contributed by atoms with Crippen LogP contribution in [0.2, 0.25) is 0 Å². The molecule has 0 aromatic carbocycles. The van der Waals surface area contributed by atoms with Gasteiger partial charge in [-0.15, -0.1) is 11.3 Å². The van der Waals surface area contributed by atoms with Gasteiger partial charge in [0.15, 0.2) is 6.07 Å². The molecule has 10 heavy (non-hydrogen) atoms. The fraction of sp³-hybridized carbons (Fsp3) is 0. The monoisotopic (exact) mass is 211 g/mol. The molecule has 3 heteroatoms. The summed E-state index contributed by atoms with van der Waals surface area (Å²) in [6.45, 7) is 0. The Morgan fingerprint density at radius 2 is 2.30 bits per heavy atom. The molecule has 48 valence electrons. The van der Waals surface area contributed by atoms with E-state index in [1.807, 2.05) is 12.1 Å². The third kappa shape index (κ3) is 1.88. The van der Waals surface area contributed by atoms with E-state index in [0.29, 0.717) is 0 Å². The molecule has 0 saturated heterocycles. The highest BCUT2D eigenvalue weighted by Crippen LogP contribution is 2.20. The van der Waals surface area contributed by atoms with Crippen molar-refractivity contribution in [3.05, 3.63) is 20.8 Å². The van der Waals surface area contributed by atoms with E-state index < -0.39 is 0 Å². The fourth-order valence-corrected chi connectivity index (χ4v) is 1.71. The number of halogens is 1. The van der Waals surface area contributed by atoms with Crippen molar-refractivity contribution in [3.8, 4) is 17.9 Å². The lowest BCUT2D eigenvalue weighted by molar-refractivity contribution is 1.55. The van der Waals surface area contributed by atoms with Crippen molar-refractivity contribution >= 4 is 27.3 Å². The summed E-state index contributed by atoms with van der Waals surface area (Å²) in [5, 5.41) is 8.10. The van der Waals surface area contributed by atoms with Crippen LogP contribution in [-0.4, -0.2) is 0 Å². The van der Waals surface area contributed by atoms with Crippen molar-refractivity contribution in [2.75, 3.05) is 0 Å². The van der Waals surface area contributed by atoms with Crippen LogP contribution in [0.3, 0.4) is 0 Å². The van der Waals surface area contributed by atoms with Gasteiger partial charge in [-0.2, -0.15) is 5.26 Å². The van der Waals surface area contributed by atoms with Gasteiger partial charge in [0, 0.05) is 5.92 Å². The van der Waals surface area contributed by atoms with E-state index >= 15 is 0 Å². The Bertz CT molecular complexity index is 323. The molecule has 1 aromatic heterocycles. The Balaban J connectivity index is 2.89. The van der Waals surface area contributed by atoms with Gasteiger partial charge in [-0.05, 0) is 34.0 Å². The van der Waals surface area contributed by atoms with Gasteiger partial charge in [0.2, 0.25) is 0 Å². The minimum absolute atomic E-state index is 0.911. The van der Waals surface area contributed by atoms with E-state index in [1.165, 1.54) is 11.3 Å². The zero-order valence-corrected chi connectivity index (χ0v) is 7.29. The number of nitrogens with zero attached hydrogens (tertiary/aromatic N) is 1. The third-order valence-corrected chi connectivity index (χ3v) is 2.35. The predicted molar refractivity (Wildman–Crippen MR) is 44.5 cm³/mol. The largest absolute Gasteiger partial charge is 0.183 e. The molecule has 0 aliphatic carbocycles. The molecule has 1 heterocycles. The van der Waals surface area contributed by atoms with Crippen LogP contribution in [0.4, 0.5) is 0 Å². The summed E-state index contributed by atoms with van der Waals surface area (Å²) in [6, 6.07) is 5.54. The van der Waals surface area contributed by atoms with Crippen molar-refractivity contribution in [2.45, 2.75) is 0 Å². The van der Waals surface area contributed by atoms with Crippen LogP contribution in [0.15, 0.2) is 15.9 Å². The second-order valence-electron chi connectivity index (χ2n) is 1.47. The highest BCUT2D eigenvalue weighted by atomic mass is 79.9. The first-order chi connectivity index (χ1) is 4.83. The Kier molecular flexibility index (Phi) is 2.50. The van der Waals surface area contributed by atoms with Crippen molar-refractivity contribution in [2.24, 2.45) is 0 Å². The Morgan fingerprint density at radius 1 is 1.50 bits per heavy atom. The van der Waals surface area contributed by atoms with E-state index in [1.54, 1.807) is 6.07 Å². The Hall–Kier alpha value is -0.770. The molecule has 1 rings (SSSR count). The molecule has 0 atom stereocenters. The number of rotatable bonds is 0. The maximum Gasteiger partial charge on any atom is 0.152 e. The maximum absolute atomic E-state index is 8.10. The normalized spacial score (nSPS) is 7.60. The first-order valence-electron chi connectivity index (χ1n) is 2.48. The molecule has 0 saturated carbocycles. The molecule has 1 aromatic rings. The SMILES string of the molecule is N#CC#Cc1ccc(Br)s1. The Labute approximate surface area is 71.4 Å². The zero-order chi connectivity index (χ0) is 7.40. The van der Waals surface area contributed by atoms with Gasteiger partial charge in [0.05, 0.1) is 8.66 Å². The predicted octanol–water partition coefficient (Wildman–Crippen LogP) is 2.39. The maximum atomic E-state index is 8.10. The zero-order valence-electron chi connectivity index (χ0n) is 4.89. The lowest BCUT2D eigenvalue weighted by Gasteiger charge is -1.71. The molecule has 0 radical (unpaired) electrons. The summed E-state index contributed by atoms with van der Waals surface area (Å²) in [7, 11) is 0. The first-order valence-corrected chi connectivity index (χ1v) is 4.09. The molecule has 0 unspecified atom stereocenters. The quantitative estimate of drug-likeness (QED) is 0.605. The molecule has 0 aliphatic heterocycles. The summed E-state index contributed by atoms with van der Waals surface area (Å²) in [4.78, 5) is 0.911. The second kappa shape index (κ2) is 3.41. The standard InChI is InChI=1S/C7H2BrNS/c8-7-4-3-6(10-7)2-1-5-9/h3-4H. The van der Waals surface area contributed by atoms with Gasteiger partial charge in [0.25, 0.3) is 0 Å². The van der Waals surface area contributed by atoms with Gasteiger partial charge < -0.3 is 0 Å². The molecule has 0 spiro atoms. The number of hydrogen-bond acceptors (Lipinski definition) is 2. The molecule has 0 N–H and O–H groups in total. The average Bonchev–Trinajstić information content (AvgIpc) is 2.31. The first kappa shape index (κ1) is 7.34. The number of nitriles is 1. The summed E-state index contributed by atoms with van der Waals surface area (Å²) < 4.78 is 1.04. The number of thiophene rings is 1. The topological polar surface area (TPSA) is 23.8 Å². The third-order valence-electron chi connectivity index (χ3n) is 0.815. The van der Waals surface area contributed by atoms with Crippen LogP contribution in [0, 0.1) is 23.2 Å². The van der Waals surface area contributed by atoms with E-state index in [4.69, 9.17) is 5.26 Å². The van der Waals surface area contributed by atoms with Crippen molar-refractivity contribution in [3.63, 3.8) is 0 Å². The average molecular weight is 212 g/mol. The van der Waals surface area contributed by atoms with Crippen molar-refractivity contribution in [1.29, 1.82) is 5.26 Å². The van der Waals surface area contributed by atoms with E-state index in [0.717, 1.165) is 8.66 Å². The number of hydrogen-bond donors (Lipinski definition) is 0. The highest BCUT2D eigenvalue weighted by Gasteiger charge is 1.90. The molecule has 0 bridgehead atoms. The van der Waals surface area contributed by atoms with Crippen LogP contribution < -0.4 is 0 Å². The smallest absolute Gasteiger partial charge is 0.152 e. The van der Waals surface area contributed by atoms with Gasteiger partial charge in [-0.1, -0.05) is 0 Å². The van der Waals surface area contributed by atoms with E-state index in [9.17, 15) is 0 Å². The highest BCUT2D eigenvalue weighted by molar-refractivity contribution is 9.11.